The number of nitrogens with two attached hydrogens (primary N) is 1. The largest absolute Gasteiger partial charge is 0.533 e. The Morgan fingerprint density at radius 1 is 1.18 bits per heavy atom. The molecule has 0 spiro atoms. The second-order valence-corrected chi connectivity index (χ2v) is 11.5. The van der Waals surface area contributed by atoms with E-state index in [2.05, 4.69) is 10.1 Å². The zero-order chi connectivity index (χ0) is 27.7. The maximum absolute atomic E-state index is 13.5. The van der Waals surface area contributed by atoms with Gasteiger partial charge >= 0.3 is 13.8 Å². The number of carbonyl (C=O) groups is 1. The molecule has 3 heterocycles. The average Bonchev–Trinajstić information content (AvgIpc) is 3.40. The summed E-state index contributed by atoms with van der Waals surface area (Å²) in [6.07, 6.45) is -2.73. The fourth-order valence-electron chi connectivity index (χ4n) is 3.88. The summed E-state index contributed by atoms with van der Waals surface area (Å²) in [5, 5.41) is 25.9. The number of hydrogen-bond donors (Lipinski definition) is 3. The molecule has 4 N–H and O–H groups in total. The lowest BCUT2D eigenvalue weighted by atomic mass is 9.93. The molecule has 1 aromatic carbocycles. The smallest absolute Gasteiger partial charge is 0.437 e. The number of rotatable bonds is 9. The molecule has 0 saturated carbocycles. The lowest BCUT2D eigenvalue weighted by Gasteiger charge is -2.27. The maximum atomic E-state index is 13.5. The predicted octanol–water partition coefficient (Wildman–Crippen LogP) is 2.41. The average molecular weight is 551 g/mol. The first-order valence-corrected chi connectivity index (χ1v) is 13.2. The monoisotopic (exact) mass is 550 g/mol. The van der Waals surface area contributed by atoms with Crippen molar-refractivity contribution in [2.45, 2.75) is 51.6 Å². The Morgan fingerprint density at radius 2 is 1.89 bits per heavy atom. The van der Waals surface area contributed by atoms with E-state index in [-0.39, 0.29) is 11.6 Å². The molecule has 206 valence electrons. The van der Waals surface area contributed by atoms with Crippen molar-refractivity contribution in [2.24, 2.45) is 5.41 Å². The first kappa shape index (κ1) is 28.0. The number of phosphoric ester groups is 1. The van der Waals surface area contributed by atoms with Gasteiger partial charge in [-0.05, 0) is 52.0 Å². The molecule has 1 aliphatic heterocycles. The second kappa shape index (κ2) is 10.6. The number of fused-ring (bicyclic) bond motifs is 1. The molecular formula is C24H31N4O9P. The summed E-state index contributed by atoms with van der Waals surface area (Å²) in [6, 6.07) is 11.4. The van der Waals surface area contributed by atoms with Gasteiger partial charge in [-0.25, -0.2) is 18.6 Å². The van der Waals surface area contributed by atoms with Crippen molar-refractivity contribution in [3.8, 4) is 5.75 Å². The van der Waals surface area contributed by atoms with Gasteiger partial charge in [0, 0.05) is 0 Å². The van der Waals surface area contributed by atoms with Crippen LogP contribution in [-0.4, -0.2) is 62.5 Å². The van der Waals surface area contributed by atoms with E-state index < -0.39 is 56.5 Å². The van der Waals surface area contributed by atoms with Gasteiger partial charge in [-0.1, -0.05) is 18.2 Å². The molecule has 5 atom stereocenters. The number of carbonyl (C=O) groups excluding carboxylic acids is 1. The summed E-state index contributed by atoms with van der Waals surface area (Å²) in [4.78, 5) is 16.0. The lowest BCUT2D eigenvalue weighted by molar-refractivity contribution is -0.160. The van der Waals surface area contributed by atoms with Crippen LogP contribution < -0.4 is 10.3 Å². The number of nitrogen functional groups attached to an aromatic ring is 1. The number of benzene rings is 1. The Bertz CT molecular complexity index is 1330. The number of para-hydroxylation sites is 1. The molecule has 3 aromatic rings. The van der Waals surface area contributed by atoms with E-state index in [4.69, 9.17) is 28.8 Å². The molecule has 13 nitrogen and oxygen atoms in total. The maximum Gasteiger partial charge on any atom is 0.533 e. The number of anilines is 1. The third-order valence-electron chi connectivity index (χ3n) is 6.03. The van der Waals surface area contributed by atoms with E-state index in [1.165, 1.54) is 23.0 Å². The highest BCUT2D eigenvalue weighted by Crippen LogP contribution is 2.51. The van der Waals surface area contributed by atoms with Crippen molar-refractivity contribution < 1.29 is 42.6 Å². The number of nitrogens with zero attached hydrogens (tertiary/aromatic N) is 3. The second-order valence-electron chi connectivity index (χ2n) is 9.94. The molecule has 0 aliphatic carbocycles. The van der Waals surface area contributed by atoms with Crippen molar-refractivity contribution in [1.29, 1.82) is 0 Å². The van der Waals surface area contributed by atoms with E-state index >= 15 is 0 Å². The summed E-state index contributed by atoms with van der Waals surface area (Å²) in [5.41, 5.74) is 4.56. The van der Waals surface area contributed by atoms with E-state index in [0.29, 0.717) is 11.2 Å². The van der Waals surface area contributed by atoms with Crippen LogP contribution in [0.15, 0.2) is 48.8 Å². The van der Waals surface area contributed by atoms with Crippen LogP contribution in [0.2, 0.25) is 0 Å². The molecule has 1 fully saturated rings. The number of hydrogen-bond acceptors (Lipinski definition) is 12. The summed E-state index contributed by atoms with van der Waals surface area (Å²) in [5.74, 6) is -0.181. The first-order chi connectivity index (χ1) is 17.8. The number of aliphatic hydroxyl groups is 2. The van der Waals surface area contributed by atoms with Gasteiger partial charge in [-0.15, -0.1) is 0 Å². The summed E-state index contributed by atoms with van der Waals surface area (Å²) in [7, 11) is -4.39. The highest BCUT2D eigenvalue weighted by molar-refractivity contribution is 7.48. The fourth-order valence-corrected chi connectivity index (χ4v) is 4.95. The molecular weight excluding hydrogens is 519 g/mol. The van der Waals surface area contributed by atoms with Crippen molar-refractivity contribution >= 4 is 25.1 Å². The van der Waals surface area contributed by atoms with Crippen LogP contribution in [0.4, 0.5) is 5.82 Å². The van der Waals surface area contributed by atoms with E-state index in [1.54, 1.807) is 58.0 Å². The number of phosphoric acid groups is 1. The van der Waals surface area contributed by atoms with Crippen molar-refractivity contribution in [3.05, 3.63) is 54.5 Å². The molecule has 14 heteroatoms. The Morgan fingerprint density at radius 3 is 2.58 bits per heavy atom. The predicted molar refractivity (Wildman–Crippen MR) is 134 cm³/mol. The van der Waals surface area contributed by atoms with Crippen molar-refractivity contribution in [3.63, 3.8) is 0 Å². The first-order valence-electron chi connectivity index (χ1n) is 11.8. The van der Waals surface area contributed by atoms with Crippen LogP contribution in [-0.2, 0) is 33.5 Å². The van der Waals surface area contributed by atoms with Gasteiger partial charge in [0.1, 0.15) is 41.5 Å². The molecule has 1 aliphatic rings. The van der Waals surface area contributed by atoms with Crippen LogP contribution >= 0.6 is 7.82 Å². The molecule has 0 radical (unpaired) electrons. The van der Waals surface area contributed by atoms with Gasteiger partial charge in [0.15, 0.2) is 5.82 Å². The van der Waals surface area contributed by atoms with Gasteiger partial charge in [0.05, 0.1) is 17.7 Å². The molecule has 1 saturated heterocycles. The minimum Gasteiger partial charge on any atom is -0.437 e. The Kier molecular flexibility index (Phi) is 7.80. The minimum absolute atomic E-state index is 0.174. The molecule has 0 bridgehead atoms. The van der Waals surface area contributed by atoms with Crippen molar-refractivity contribution in [2.75, 3.05) is 19.1 Å². The van der Waals surface area contributed by atoms with Crippen LogP contribution in [0, 0.1) is 5.41 Å². The number of esters is 1. The lowest BCUT2D eigenvalue weighted by Crippen LogP contribution is -2.39. The Labute approximate surface area is 219 Å². The van der Waals surface area contributed by atoms with Gasteiger partial charge in [-0.3, -0.25) is 9.32 Å². The van der Waals surface area contributed by atoms with Gasteiger partial charge in [-0.2, -0.15) is 5.10 Å². The minimum atomic E-state index is -4.39. The molecule has 1 unspecified atom stereocenters. The summed E-state index contributed by atoms with van der Waals surface area (Å²) < 4.78 is 42.2. The zero-order valence-electron chi connectivity index (χ0n) is 21.4. The fraction of sp³-hybridized carbons (Fsp3) is 0.458. The zero-order valence-corrected chi connectivity index (χ0v) is 22.3. The van der Waals surface area contributed by atoms with Crippen LogP contribution in [0.1, 0.15) is 33.4 Å². The quantitative estimate of drug-likeness (QED) is 0.202. The number of aliphatic hydroxyl groups excluding tert-OH is 2. The third-order valence-corrected chi connectivity index (χ3v) is 7.35. The normalized spacial score (nSPS) is 25.3. The SMILES string of the molecule is CC(C)(C)C(=O)OCOP(=O)(OC[C@H]1O[C@@](C)(c2ccc3c(N)ncnn23)[C@H](O)[C@@H]1O)Oc1ccccc1. The summed E-state index contributed by atoms with van der Waals surface area (Å²) in [6.45, 7) is 5.34. The van der Waals surface area contributed by atoms with Gasteiger partial charge in [0.2, 0.25) is 6.79 Å². The van der Waals surface area contributed by atoms with Gasteiger partial charge in [0.25, 0.3) is 0 Å². The van der Waals surface area contributed by atoms with E-state index in [1.807, 2.05) is 0 Å². The van der Waals surface area contributed by atoms with Crippen LogP contribution in [0.3, 0.4) is 0 Å². The third kappa shape index (κ3) is 5.68. The summed E-state index contributed by atoms with van der Waals surface area (Å²) >= 11 is 0. The highest BCUT2D eigenvalue weighted by Gasteiger charge is 2.54. The Balaban J connectivity index is 1.50. The molecule has 2 aromatic heterocycles. The van der Waals surface area contributed by atoms with E-state index in [9.17, 15) is 19.6 Å². The van der Waals surface area contributed by atoms with Gasteiger partial charge < -0.3 is 29.9 Å². The molecule has 38 heavy (non-hydrogen) atoms. The number of aromatic nitrogens is 3. The number of ether oxygens (including phenoxy) is 2. The van der Waals surface area contributed by atoms with Crippen molar-refractivity contribution in [1.82, 2.24) is 14.6 Å². The van der Waals surface area contributed by atoms with Crippen LogP contribution in [0.25, 0.3) is 5.52 Å². The highest BCUT2D eigenvalue weighted by atomic mass is 31.2. The molecule has 0 amide bonds. The van der Waals surface area contributed by atoms with Crippen LogP contribution in [0.5, 0.6) is 5.75 Å². The molecule has 4 rings (SSSR count). The standard InChI is InChI=1S/C24H31N4O9P/c1-23(2,3)22(31)33-14-35-38(32,37-15-8-6-5-7-9-15)34-12-17-19(29)20(30)24(4,36-17)18-11-10-16-21(25)26-13-27-28(16)18/h5-11,13,17,19-20,29-30H,12,14H2,1-4H3,(H2,25,26,27)/t17-,19-,20-,24+,38?/m1/s1. The topological polar surface area (TPSA) is 177 Å². The Hall–Kier alpha value is -3.06. The van der Waals surface area contributed by atoms with E-state index in [0.717, 1.165) is 0 Å².